The van der Waals surface area contributed by atoms with Crippen LogP contribution >= 0.6 is 0 Å². The number of aliphatic hydroxyl groups excluding tert-OH is 1. The van der Waals surface area contributed by atoms with E-state index in [-0.39, 0.29) is 11.5 Å². The molecule has 1 atom stereocenters. The Morgan fingerprint density at radius 1 is 1.00 bits per heavy atom. The van der Waals surface area contributed by atoms with E-state index in [9.17, 15) is 13.9 Å². The third kappa shape index (κ3) is 3.01. The largest absolute Gasteiger partial charge is 0.388 e. The molecule has 0 aliphatic carbocycles. The van der Waals surface area contributed by atoms with Gasteiger partial charge in [-0.05, 0) is 11.5 Å². The van der Waals surface area contributed by atoms with Crippen LogP contribution in [0.2, 0.25) is 0 Å². The monoisotopic (exact) mass is 228 g/mol. The Morgan fingerprint density at radius 2 is 1.44 bits per heavy atom. The van der Waals surface area contributed by atoms with Gasteiger partial charge in [-0.3, -0.25) is 0 Å². The molecule has 0 fully saturated rings. The van der Waals surface area contributed by atoms with E-state index in [0.717, 1.165) is 18.4 Å². The van der Waals surface area contributed by atoms with Crippen LogP contribution in [0.15, 0.2) is 24.3 Å². The Kier molecular flexibility index (Phi) is 4.87. The molecular weight excluding hydrogens is 210 g/mol. The highest BCUT2D eigenvalue weighted by atomic mass is 19.3. The minimum atomic E-state index is -2.45. The van der Waals surface area contributed by atoms with E-state index in [1.165, 1.54) is 12.1 Å². The number of alkyl halides is 2. The van der Waals surface area contributed by atoms with Gasteiger partial charge in [0.25, 0.3) is 6.43 Å². The molecule has 0 heterocycles. The maximum Gasteiger partial charge on any atom is 0.263 e. The summed E-state index contributed by atoms with van der Waals surface area (Å²) in [5.41, 5.74) is 0.721. The lowest BCUT2D eigenvalue weighted by Crippen LogP contribution is -2.10. The van der Waals surface area contributed by atoms with Crippen LogP contribution in [-0.4, -0.2) is 5.11 Å². The van der Waals surface area contributed by atoms with Crippen LogP contribution in [0.25, 0.3) is 0 Å². The van der Waals surface area contributed by atoms with Crippen LogP contribution in [0.5, 0.6) is 0 Å². The molecule has 1 nitrogen and oxygen atoms in total. The maximum atomic E-state index is 12.3. The van der Waals surface area contributed by atoms with Crippen molar-refractivity contribution >= 4 is 0 Å². The summed E-state index contributed by atoms with van der Waals surface area (Å²) in [6.45, 7) is 4.04. The third-order valence-electron chi connectivity index (χ3n) is 3.03. The number of halogens is 2. The van der Waals surface area contributed by atoms with E-state index in [4.69, 9.17) is 0 Å². The molecule has 1 aromatic rings. The molecule has 0 bridgehead atoms. The SMILES string of the molecule is CCC(CC)C(O)c1ccc(C(F)F)cc1. The van der Waals surface area contributed by atoms with E-state index in [0.29, 0.717) is 0 Å². The van der Waals surface area contributed by atoms with Crippen molar-refractivity contribution < 1.29 is 13.9 Å². The Balaban J connectivity index is 2.80. The van der Waals surface area contributed by atoms with Crippen molar-refractivity contribution in [1.29, 1.82) is 0 Å². The van der Waals surface area contributed by atoms with Crippen LogP contribution in [0.3, 0.4) is 0 Å². The number of rotatable bonds is 5. The van der Waals surface area contributed by atoms with Crippen molar-refractivity contribution in [3.05, 3.63) is 35.4 Å². The molecule has 0 radical (unpaired) electrons. The predicted octanol–water partition coefficient (Wildman–Crippen LogP) is 4.09. The summed E-state index contributed by atoms with van der Waals surface area (Å²) >= 11 is 0. The molecular formula is C13H18F2O. The molecule has 0 saturated heterocycles. The smallest absolute Gasteiger partial charge is 0.263 e. The molecule has 1 unspecified atom stereocenters. The van der Waals surface area contributed by atoms with Crippen LogP contribution in [0, 0.1) is 5.92 Å². The zero-order chi connectivity index (χ0) is 12.1. The van der Waals surface area contributed by atoms with Gasteiger partial charge in [0.1, 0.15) is 0 Å². The van der Waals surface area contributed by atoms with Crippen LogP contribution in [-0.2, 0) is 0 Å². The first kappa shape index (κ1) is 13.1. The van der Waals surface area contributed by atoms with Crippen molar-refractivity contribution in [3.63, 3.8) is 0 Å². The molecule has 1 aromatic carbocycles. The van der Waals surface area contributed by atoms with Crippen molar-refractivity contribution in [2.75, 3.05) is 0 Å². The highest BCUT2D eigenvalue weighted by molar-refractivity contribution is 5.25. The first-order valence-electron chi connectivity index (χ1n) is 5.66. The summed E-state index contributed by atoms with van der Waals surface area (Å²) in [6.07, 6.45) is -1.23. The van der Waals surface area contributed by atoms with E-state index in [1.807, 2.05) is 13.8 Å². The van der Waals surface area contributed by atoms with Crippen molar-refractivity contribution in [3.8, 4) is 0 Å². The minimum absolute atomic E-state index is 0.000460. The first-order chi connectivity index (χ1) is 7.60. The zero-order valence-electron chi connectivity index (χ0n) is 9.66. The predicted molar refractivity (Wildman–Crippen MR) is 60.4 cm³/mol. The van der Waals surface area contributed by atoms with Gasteiger partial charge in [0.15, 0.2) is 0 Å². The second kappa shape index (κ2) is 5.94. The second-order valence-corrected chi connectivity index (χ2v) is 3.99. The summed E-state index contributed by atoms with van der Waals surface area (Å²) in [7, 11) is 0. The van der Waals surface area contributed by atoms with Gasteiger partial charge >= 0.3 is 0 Å². The summed E-state index contributed by atoms with van der Waals surface area (Å²) in [5.74, 6) is 0.192. The molecule has 0 spiro atoms. The van der Waals surface area contributed by atoms with Crippen LogP contribution in [0.1, 0.15) is 50.3 Å². The third-order valence-corrected chi connectivity index (χ3v) is 3.03. The van der Waals surface area contributed by atoms with Gasteiger partial charge in [0.05, 0.1) is 6.10 Å². The Hall–Kier alpha value is -0.960. The fraction of sp³-hybridized carbons (Fsp3) is 0.538. The quantitative estimate of drug-likeness (QED) is 0.804. The average Bonchev–Trinajstić information content (AvgIpc) is 2.30. The van der Waals surface area contributed by atoms with Gasteiger partial charge in [-0.1, -0.05) is 51.0 Å². The van der Waals surface area contributed by atoms with Gasteiger partial charge in [-0.15, -0.1) is 0 Å². The lowest BCUT2D eigenvalue weighted by Gasteiger charge is -2.20. The Bertz CT molecular complexity index is 304. The van der Waals surface area contributed by atoms with Crippen molar-refractivity contribution in [2.45, 2.75) is 39.2 Å². The van der Waals surface area contributed by atoms with Crippen LogP contribution in [0.4, 0.5) is 8.78 Å². The summed E-state index contributed by atoms with van der Waals surface area (Å²) < 4.78 is 24.7. The normalized spacial score (nSPS) is 13.4. The van der Waals surface area contributed by atoms with Crippen LogP contribution < -0.4 is 0 Å². The highest BCUT2D eigenvalue weighted by Gasteiger charge is 2.17. The van der Waals surface area contributed by atoms with Gasteiger partial charge < -0.3 is 5.11 Å². The van der Waals surface area contributed by atoms with Crippen molar-refractivity contribution in [2.24, 2.45) is 5.92 Å². The molecule has 1 rings (SSSR count). The summed E-state index contributed by atoms with van der Waals surface area (Å²) in [6, 6.07) is 5.94. The van der Waals surface area contributed by atoms with Gasteiger partial charge in [0, 0.05) is 5.56 Å². The second-order valence-electron chi connectivity index (χ2n) is 3.99. The number of aliphatic hydroxyl groups is 1. The fourth-order valence-electron chi connectivity index (χ4n) is 1.85. The molecule has 0 aliphatic heterocycles. The Morgan fingerprint density at radius 3 is 1.81 bits per heavy atom. The molecule has 90 valence electrons. The lowest BCUT2D eigenvalue weighted by molar-refractivity contribution is 0.103. The summed E-state index contributed by atoms with van der Waals surface area (Å²) in [4.78, 5) is 0. The van der Waals surface area contributed by atoms with E-state index in [1.54, 1.807) is 12.1 Å². The number of hydrogen-bond donors (Lipinski definition) is 1. The summed E-state index contributed by atoms with van der Waals surface area (Å²) in [5, 5.41) is 10.0. The number of hydrogen-bond acceptors (Lipinski definition) is 1. The molecule has 0 aliphatic rings. The highest BCUT2D eigenvalue weighted by Crippen LogP contribution is 2.28. The molecule has 3 heteroatoms. The standard InChI is InChI=1S/C13H18F2O/c1-3-9(4-2)12(16)10-5-7-11(8-6-10)13(14)15/h5-9,12-13,16H,3-4H2,1-2H3. The molecule has 0 amide bonds. The molecule has 16 heavy (non-hydrogen) atoms. The van der Waals surface area contributed by atoms with Crippen molar-refractivity contribution in [1.82, 2.24) is 0 Å². The first-order valence-corrected chi connectivity index (χ1v) is 5.66. The average molecular weight is 228 g/mol. The van der Waals surface area contributed by atoms with Gasteiger partial charge in [-0.2, -0.15) is 0 Å². The van der Waals surface area contributed by atoms with E-state index < -0.39 is 12.5 Å². The van der Waals surface area contributed by atoms with E-state index >= 15 is 0 Å². The fourth-order valence-corrected chi connectivity index (χ4v) is 1.85. The molecule has 0 aromatic heterocycles. The lowest BCUT2D eigenvalue weighted by atomic mass is 9.91. The number of benzene rings is 1. The Labute approximate surface area is 95.1 Å². The minimum Gasteiger partial charge on any atom is -0.388 e. The molecule has 1 N–H and O–H groups in total. The molecule has 0 saturated carbocycles. The van der Waals surface area contributed by atoms with Gasteiger partial charge in [-0.25, -0.2) is 8.78 Å². The maximum absolute atomic E-state index is 12.3. The zero-order valence-corrected chi connectivity index (χ0v) is 9.66. The topological polar surface area (TPSA) is 20.2 Å². The van der Waals surface area contributed by atoms with Gasteiger partial charge in [0.2, 0.25) is 0 Å². The van der Waals surface area contributed by atoms with E-state index in [2.05, 4.69) is 0 Å².